The number of nitrogens with zero attached hydrogens (tertiary/aromatic N) is 2. The summed E-state index contributed by atoms with van der Waals surface area (Å²) in [5, 5.41) is 9.01. The van der Waals surface area contributed by atoms with E-state index in [-0.39, 0.29) is 0 Å². The van der Waals surface area contributed by atoms with Crippen LogP contribution in [0.15, 0.2) is 63.2 Å². The molecular formula is C14H10BrClN4. The van der Waals surface area contributed by atoms with Gasteiger partial charge >= 0.3 is 0 Å². The average Bonchev–Trinajstić information content (AvgIpc) is 2.49. The molecule has 2 aromatic rings. The van der Waals surface area contributed by atoms with E-state index in [0.29, 0.717) is 16.7 Å². The molecule has 100 valence electrons. The second-order valence-electron chi connectivity index (χ2n) is 4.11. The topological polar surface area (TPSA) is 48.8 Å². The van der Waals surface area contributed by atoms with Crippen LogP contribution in [0.25, 0.3) is 0 Å². The number of rotatable bonds is 2. The van der Waals surface area contributed by atoms with Crippen LogP contribution in [-0.2, 0) is 0 Å². The zero-order valence-corrected chi connectivity index (χ0v) is 12.6. The number of hydrogen-bond donors (Lipinski definition) is 2. The predicted octanol–water partition coefficient (Wildman–Crippen LogP) is 3.32. The molecule has 0 saturated heterocycles. The molecule has 2 N–H and O–H groups in total. The molecule has 2 aromatic carbocycles. The first-order chi connectivity index (χ1) is 9.75. The van der Waals surface area contributed by atoms with Crippen molar-refractivity contribution in [2.24, 2.45) is 10.2 Å². The fraction of sp³-hybridized carbons (Fsp3) is 0. The van der Waals surface area contributed by atoms with Gasteiger partial charge in [-0.2, -0.15) is 0 Å². The van der Waals surface area contributed by atoms with Crippen LogP contribution in [0.2, 0.25) is 5.02 Å². The molecule has 0 fully saturated rings. The standard InChI is InChI=1S/C14H10BrClN4/c15-11-7-3-1-5-9(11)13-17-19-14(20-18-13)10-6-2-4-8-12(10)16/h1-8H,(H,17,18)(H,19,20). The second-order valence-corrected chi connectivity index (χ2v) is 5.37. The summed E-state index contributed by atoms with van der Waals surface area (Å²) in [6.45, 7) is 0. The first kappa shape index (κ1) is 13.1. The van der Waals surface area contributed by atoms with Crippen molar-refractivity contribution in [3.8, 4) is 0 Å². The Labute approximate surface area is 129 Å². The summed E-state index contributed by atoms with van der Waals surface area (Å²) < 4.78 is 0.949. The third kappa shape index (κ3) is 2.55. The zero-order valence-electron chi connectivity index (χ0n) is 10.3. The molecule has 0 spiro atoms. The van der Waals surface area contributed by atoms with Gasteiger partial charge in [0.2, 0.25) is 0 Å². The molecule has 20 heavy (non-hydrogen) atoms. The van der Waals surface area contributed by atoms with E-state index < -0.39 is 0 Å². The van der Waals surface area contributed by atoms with Gasteiger partial charge in [0.1, 0.15) is 0 Å². The van der Waals surface area contributed by atoms with Crippen molar-refractivity contribution in [1.82, 2.24) is 10.9 Å². The molecule has 0 unspecified atom stereocenters. The molecular weight excluding hydrogens is 340 g/mol. The van der Waals surface area contributed by atoms with E-state index >= 15 is 0 Å². The highest BCUT2D eigenvalue weighted by molar-refractivity contribution is 9.10. The van der Waals surface area contributed by atoms with E-state index in [1.807, 2.05) is 48.5 Å². The summed E-state index contributed by atoms with van der Waals surface area (Å²) in [6.07, 6.45) is 0. The van der Waals surface area contributed by atoms with Gasteiger partial charge in [0, 0.05) is 15.6 Å². The highest BCUT2D eigenvalue weighted by Crippen LogP contribution is 2.18. The highest BCUT2D eigenvalue weighted by Gasteiger charge is 2.15. The number of hydrazine groups is 1. The molecule has 0 bridgehead atoms. The number of halogens is 2. The quantitative estimate of drug-likeness (QED) is 0.874. The van der Waals surface area contributed by atoms with E-state index in [9.17, 15) is 0 Å². The van der Waals surface area contributed by atoms with Gasteiger partial charge in [-0.25, -0.2) is 0 Å². The summed E-state index contributed by atoms with van der Waals surface area (Å²) in [5.41, 5.74) is 7.78. The maximum atomic E-state index is 6.13. The van der Waals surface area contributed by atoms with Crippen LogP contribution in [0.5, 0.6) is 0 Å². The smallest absolute Gasteiger partial charge is 0.175 e. The summed E-state index contributed by atoms with van der Waals surface area (Å²) in [4.78, 5) is 0. The van der Waals surface area contributed by atoms with Gasteiger partial charge < -0.3 is 0 Å². The van der Waals surface area contributed by atoms with Crippen molar-refractivity contribution in [2.45, 2.75) is 0 Å². The molecule has 0 amide bonds. The van der Waals surface area contributed by atoms with Gasteiger partial charge in [-0.3, -0.25) is 10.9 Å². The van der Waals surface area contributed by atoms with Gasteiger partial charge in [0.25, 0.3) is 0 Å². The van der Waals surface area contributed by atoms with Gasteiger partial charge in [-0.15, -0.1) is 10.2 Å². The number of hydrogen-bond acceptors (Lipinski definition) is 4. The third-order valence-corrected chi connectivity index (χ3v) is 3.83. The lowest BCUT2D eigenvalue weighted by atomic mass is 10.2. The summed E-state index contributed by atoms with van der Waals surface area (Å²) >= 11 is 9.62. The molecule has 0 saturated carbocycles. The zero-order chi connectivity index (χ0) is 13.9. The Morgan fingerprint density at radius 3 is 1.95 bits per heavy atom. The summed E-state index contributed by atoms with van der Waals surface area (Å²) in [7, 11) is 0. The Morgan fingerprint density at radius 1 is 0.800 bits per heavy atom. The van der Waals surface area contributed by atoms with Crippen molar-refractivity contribution in [3.63, 3.8) is 0 Å². The van der Waals surface area contributed by atoms with Crippen molar-refractivity contribution >= 4 is 39.2 Å². The lowest BCUT2D eigenvalue weighted by molar-refractivity contribution is 0.825. The minimum absolute atomic E-state index is 0.589. The molecule has 4 nitrogen and oxygen atoms in total. The van der Waals surface area contributed by atoms with Crippen LogP contribution >= 0.6 is 27.5 Å². The Hall–Kier alpha value is -1.85. The van der Waals surface area contributed by atoms with E-state index in [1.165, 1.54) is 0 Å². The fourth-order valence-electron chi connectivity index (χ4n) is 1.82. The van der Waals surface area contributed by atoms with Crippen LogP contribution in [0, 0.1) is 0 Å². The minimum Gasteiger partial charge on any atom is -0.281 e. The highest BCUT2D eigenvalue weighted by atomic mass is 79.9. The number of benzene rings is 2. The van der Waals surface area contributed by atoms with Crippen molar-refractivity contribution < 1.29 is 0 Å². The van der Waals surface area contributed by atoms with Gasteiger partial charge in [0.15, 0.2) is 11.7 Å². The molecule has 0 aliphatic carbocycles. The predicted molar refractivity (Wildman–Crippen MR) is 84.9 cm³/mol. The molecule has 1 heterocycles. The summed E-state index contributed by atoms with van der Waals surface area (Å²) in [6, 6.07) is 15.3. The van der Waals surface area contributed by atoms with Crippen LogP contribution in [0.4, 0.5) is 0 Å². The largest absolute Gasteiger partial charge is 0.281 e. The molecule has 0 aromatic heterocycles. The lowest BCUT2D eigenvalue weighted by Gasteiger charge is -2.18. The number of amidine groups is 2. The molecule has 3 rings (SSSR count). The first-order valence-electron chi connectivity index (χ1n) is 5.93. The Bertz CT molecular complexity index is 650. The fourth-order valence-corrected chi connectivity index (χ4v) is 2.52. The lowest BCUT2D eigenvalue weighted by Crippen LogP contribution is -2.45. The van der Waals surface area contributed by atoms with Crippen LogP contribution in [-0.4, -0.2) is 11.7 Å². The Balaban J connectivity index is 1.94. The second kappa shape index (κ2) is 5.64. The van der Waals surface area contributed by atoms with Crippen LogP contribution in [0.3, 0.4) is 0 Å². The minimum atomic E-state index is 0.589. The van der Waals surface area contributed by atoms with Gasteiger partial charge in [0.05, 0.1) is 5.02 Å². The van der Waals surface area contributed by atoms with E-state index in [1.54, 1.807) is 0 Å². The summed E-state index contributed by atoms with van der Waals surface area (Å²) in [5.74, 6) is 1.24. The third-order valence-electron chi connectivity index (χ3n) is 2.81. The van der Waals surface area contributed by atoms with Crippen molar-refractivity contribution in [1.29, 1.82) is 0 Å². The van der Waals surface area contributed by atoms with Crippen LogP contribution in [0.1, 0.15) is 11.1 Å². The number of nitrogens with one attached hydrogen (secondary N) is 2. The van der Waals surface area contributed by atoms with Gasteiger partial charge in [-0.1, -0.05) is 57.9 Å². The monoisotopic (exact) mass is 348 g/mol. The van der Waals surface area contributed by atoms with Crippen LogP contribution < -0.4 is 10.9 Å². The first-order valence-corrected chi connectivity index (χ1v) is 7.10. The normalized spacial score (nSPS) is 13.9. The van der Waals surface area contributed by atoms with E-state index in [0.717, 1.165) is 15.6 Å². The molecule has 6 heteroatoms. The van der Waals surface area contributed by atoms with E-state index in [4.69, 9.17) is 11.6 Å². The Kier molecular flexibility index (Phi) is 3.71. The maximum Gasteiger partial charge on any atom is 0.175 e. The van der Waals surface area contributed by atoms with Crippen molar-refractivity contribution in [2.75, 3.05) is 0 Å². The SMILES string of the molecule is Clc1ccccc1C1=NN=C(c2ccccc2Br)NN1. The van der Waals surface area contributed by atoms with E-state index in [2.05, 4.69) is 37.0 Å². The molecule has 1 aliphatic rings. The molecule has 1 aliphatic heterocycles. The van der Waals surface area contributed by atoms with Gasteiger partial charge in [-0.05, 0) is 18.2 Å². The maximum absolute atomic E-state index is 6.13. The molecule has 0 atom stereocenters. The average molecular weight is 350 g/mol. The van der Waals surface area contributed by atoms with Crippen molar-refractivity contribution in [3.05, 3.63) is 69.2 Å². The molecule has 0 radical (unpaired) electrons. The Morgan fingerprint density at radius 2 is 1.35 bits per heavy atom.